The molecule has 0 spiro atoms. The van der Waals surface area contributed by atoms with Gasteiger partial charge in [-0.2, -0.15) is 5.10 Å². The Hall–Kier alpha value is -6.20. The molecule has 0 unspecified atom stereocenters. The van der Waals surface area contributed by atoms with Gasteiger partial charge in [0.25, 0.3) is 0 Å². The molecule has 53 heavy (non-hydrogen) atoms. The summed E-state index contributed by atoms with van der Waals surface area (Å²) in [7, 11) is 0. The average Bonchev–Trinajstić information content (AvgIpc) is 3.90. The Labute approximate surface area is 313 Å². The predicted octanol–water partition coefficient (Wildman–Crippen LogP) is 6.00. The van der Waals surface area contributed by atoms with Crippen LogP contribution in [0.3, 0.4) is 0 Å². The average molecular weight is 686 g/mol. The second-order valence-corrected chi connectivity index (χ2v) is 14.3. The molecule has 1 aromatic heterocycles. The summed E-state index contributed by atoms with van der Waals surface area (Å²) in [5, 5.41) is 4.85. The van der Waals surface area contributed by atoms with Crippen LogP contribution in [0.25, 0.3) is 5.69 Å². The third-order valence-corrected chi connectivity index (χ3v) is 11.0. The van der Waals surface area contributed by atoms with Crippen LogP contribution in [-0.2, 0) is 0 Å². The van der Waals surface area contributed by atoms with Gasteiger partial charge in [0.2, 0.25) is 13.4 Å². The third kappa shape index (κ3) is 5.83. The molecule has 0 radical (unpaired) electrons. The Morgan fingerprint density at radius 1 is 0.509 bits per heavy atom. The van der Waals surface area contributed by atoms with E-state index < -0.39 is 0 Å². The van der Waals surface area contributed by atoms with Crippen molar-refractivity contribution in [3.8, 4) is 17.2 Å². The molecule has 2 aliphatic rings. The highest BCUT2D eigenvalue weighted by Crippen LogP contribution is 2.30. The van der Waals surface area contributed by atoms with Crippen LogP contribution in [0.5, 0.6) is 11.5 Å². The number of aryl methyl sites for hydroxylation is 4. The number of aromatic nitrogens is 2. The summed E-state index contributed by atoms with van der Waals surface area (Å²) >= 11 is 0. The molecule has 5 nitrogen and oxygen atoms in total. The van der Waals surface area contributed by atoms with Crippen LogP contribution in [0.1, 0.15) is 22.3 Å². The first-order chi connectivity index (χ1) is 25.9. The number of rotatable bonds is 7. The van der Waals surface area contributed by atoms with Gasteiger partial charge in [0, 0.05) is 48.3 Å². The van der Waals surface area contributed by atoms with Crippen molar-refractivity contribution in [2.75, 3.05) is 16.5 Å². The van der Waals surface area contributed by atoms with E-state index in [9.17, 15) is 0 Å². The number of hydrogen-bond acceptors (Lipinski definition) is 4. The highest BCUT2D eigenvalue weighted by atomic mass is 16.5. The van der Waals surface area contributed by atoms with E-state index in [1.165, 1.54) is 55.0 Å². The summed E-state index contributed by atoms with van der Waals surface area (Å²) in [6, 6.07) is 47.7. The minimum absolute atomic E-state index is 0.00544. The molecule has 0 saturated heterocycles. The van der Waals surface area contributed by atoms with Gasteiger partial charge in [0.1, 0.15) is 11.5 Å². The first kappa shape index (κ1) is 32.7. The van der Waals surface area contributed by atoms with Crippen LogP contribution in [0.4, 0.5) is 11.4 Å². The first-order valence-corrected chi connectivity index (χ1v) is 18.4. The zero-order chi connectivity index (χ0) is 36.1. The van der Waals surface area contributed by atoms with Crippen LogP contribution < -0.4 is 47.3 Å². The van der Waals surface area contributed by atoms with Crippen molar-refractivity contribution in [1.82, 2.24) is 9.78 Å². The molecule has 7 heteroatoms. The van der Waals surface area contributed by atoms with E-state index in [4.69, 9.17) is 9.84 Å². The van der Waals surface area contributed by atoms with Crippen molar-refractivity contribution in [2.24, 2.45) is 0 Å². The maximum atomic E-state index is 6.91. The SMILES string of the molecule is Cc1cccc(C)c1B1c2ccccc2B(c2c(C)cccc2C)c2c1cc(Oc1cccc(N3C=CN(c4ccccc4)C3)c1)cc2-n1cccn1. The van der Waals surface area contributed by atoms with E-state index in [2.05, 4.69) is 171 Å². The lowest BCUT2D eigenvalue weighted by atomic mass is 9.20. The van der Waals surface area contributed by atoms with Crippen LogP contribution in [0, 0.1) is 27.7 Å². The summed E-state index contributed by atoms with van der Waals surface area (Å²) in [4.78, 5) is 4.48. The Bertz CT molecular complexity index is 2450. The first-order valence-electron chi connectivity index (χ1n) is 18.4. The van der Waals surface area contributed by atoms with Gasteiger partial charge >= 0.3 is 0 Å². The van der Waals surface area contributed by atoms with E-state index >= 15 is 0 Å². The normalized spacial score (nSPS) is 13.4. The maximum absolute atomic E-state index is 6.91. The minimum Gasteiger partial charge on any atom is -0.457 e. The summed E-state index contributed by atoms with van der Waals surface area (Å²) in [6.07, 6.45) is 8.16. The number of nitrogens with zero attached hydrogens (tertiary/aromatic N) is 4. The highest BCUT2D eigenvalue weighted by molar-refractivity contribution is 7.12. The van der Waals surface area contributed by atoms with E-state index in [1.54, 1.807) is 0 Å². The third-order valence-electron chi connectivity index (χ3n) is 11.0. The van der Waals surface area contributed by atoms with Crippen LogP contribution in [0.15, 0.2) is 158 Å². The summed E-state index contributed by atoms with van der Waals surface area (Å²) in [5.41, 5.74) is 16.3. The smallest absolute Gasteiger partial charge is 0.243 e. The van der Waals surface area contributed by atoms with Gasteiger partial charge in [-0.3, -0.25) is 0 Å². The Balaban J connectivity index is 1.22. The van der Waals surface area contributed by atoms with Crippen molar-refractivity contribution in [3.05, 3.63) is 181 Å². The number of ether oxygens (including phenoxy) is 1. The molecule has 7 aromatic rings. The maximum Gasteiger partial charge on any atom is 0.243 e. The molecule has 0 atom stereocenters. The molecule has 0 bridgehead atoms. The summed E-state index contributed by atoms with van der Waals surface area (Å²) < 4.78 is 8.93. The van der Waals surface area contributed by atoms with Gasteiger partial charge < -0.3 is 14.5 Å². The molecular weight excluding hydrogens is 646 g/mol. The Kier molecular flexibility index (Phi) is 8.27. The zero-order valence-corrected chi connectivity index (χ0v) is 30.6. The van der Waals surface area contributed by atoms with Crippen LogP contribution >= 0.6 is 0 Å². The summed E-state index contributed by atoms with van der Waals surface area (Å²) in [5.74, 6) is 1.57. The second-order valence-electron chi connectivity index (χ2n) is 14.3. The fourth-order valence-corrected chi connectivity index (χ4v) is 8.62. The van der Waals surface area contributed by atoms with Gasteiger partial charge in [-0.05, 0) is 69.6 Å². The van der Waals surface area contributed by atoms with Crippen LogP contribution in [0.2, 0.25) is 0 Å². The van der Waals surface area contributed by atoms with Crippen molar-refractivity contribution >= 4 is 57.6 Å². The largest absolute Gasteiger partial charge is 0.457 e. The van der Waals surface area contributed by atoms with Gasteiger partial charge in [-0.1, -0.05) is 134 Å². The monoisotopic (exact) mass is 686 g/mol. The summed E-state index contributed by atoms with van der Waals surface area (Å²) in [6.45, 7) is 9.72. The molecule has 0 aliphatic carbocycles. The standard InChI is InChI=1S/C46H40B2N4O/c1-32-14-10-15-33(2)44(32)47-40-22-8-9-23-41(40)48(45-34(3)16-11-17-35(45)4)46-42(47)29-39(30-43(46)52-25-13-24-49-52)53-38-21-12-20-37(28-38)51-27-26-50(31-51)36-18-6-5-7-19-36/h5-30H,31H2,1-4H3. The van der Waals surface area contributed by atoms with E-state index in [0.717, 1.165) is 35.2 Å². The van der Waals surface area contributed by atoms with Gasteiger partial charge in [-0.25, -0.2) is 4.68 Å². The lowest BCUT2D eigenvalue weighted by Gasteiger charge is -2.36. The number of anilines is 2. The van der Waals surface area contributed by atoms with E-state index in [-0.39, 0.29) is 13.4 Å². The number of benzene rings is 6. The fraction of sp³-hybridized carbons (Fsp3) is 0.109. The molecule has 0 saturated carbocycles. The van der Waals surface area contributed by atoms with E-state index in [0.29, 0.717) is 0 Å². The molecule has 0 fully saturated rings. The van der Waals surface area contributed by atoms with Crippen molar-refractivity contribution in [1.29, 1.82) is 0 Å². The lowest BCUT2D eigenvalue weighted by Crippen LogP contribution is -2.76. The lowest BCUT2D eigenvalue weighted by molar-refractivity contribution is 0.483. The topological polar surface area (TPSA) is 33.5 Å². The zero-order valence-electron chi connectivity index (χ0n) is 30.6. The second kappa shape index (κ2) is 13.4. The van der Waals surface area contributed by atoms with Gasteiger partial charge in [0.05, 0.1) is 12.4 Å². The molecule has 6 aromatic carbocycles. The predicted molar refractivity (Wildman–Crippen MR) is 223 cm³/mol. The van der Waals surface area contributed by atoms with Gasteiger partial charge in [-0.15, -0.1) is 0 Å². The van der Waals surface area contributed by atoms with Crippen molar-refractivity contribution < 1.29 is 4.74 Å². The molecular formula is C46H40B2N4O. The fourth-order valence-electron chi connectivity index (χ4n) is 8.62. The molecule has 0 N–H and O–H groups in total. The van der Waals surface area contributed by atoms with Gasteiger partial charge in [0.15, 0.2) is 0 Å². The molecule has 9 rings (SSSR count). The molecule has 2 aliphatic heterocycles. The molecule has 256 valence electrons. The minimum atomic E-state index is 0.00544. The highest BCUT2D eigenvalue weighted by Gasteiger charge is 2.42. The number of hydrogen-bond donors (Lipinski definition) is 0. The number of para-hydroxylation sites is 1. The van der Waals surface area contributed by atoms with E-state index in [1.807, 2.05) is 29.1 Å². The number of fused-ring (bicyclic) bond motifs is 2. The Morgan fingerprint density at radius 2 is 1.09 bits per heavy atom. The van der Waals surface area contributed by atoms with Crippen molar-refractivity contribution in [2.45, 2.75) is 27.7 Å². The molecule has 3 heterocycles. The Morgan fingerprint density at radius 3 is 1.75 bits per heavy atom. The van der Waals surface area contributed by atoms with Crippen molar-refractivity contribution in [3.63, 3.8) is 0 Å². The molecule has 0 amide bonds. The quantitative estimate of drug-likeness (QED) is 0.193. The van der Waals surface area contributed by atoms with Crippen LogP contribution in [-0.4, -0.2) is 29.9 Å².